The molecule has 0 spiro atoms. The number of hydrogen-bond donors (Lipinski definition) is 1. The molecule has 0 unspecified atom stereocenters. The van der Waals surface area contributed by atoms with Crippen molar-refractivity contribution < 1.29 is 18.4 Å². The molecule has 0 aliphatic rings. The fraction of sp³-hybridized carbons (Fsp3) is 0.133. The molecule has 1 N–H and O–H groups in total. The van der Waals surface area contributed by atoms with Gasteiger partial charge in [0.1, 0.15) is 11.2 Å². The molecule has 0 saturated heterocycles. The minimum absolute atomic E-state index is 0.312. The van der Waals surface area contributed by atoms with Gasteiger partial charge < -0.3 is 13.6 Å². The van der Waals surface area contributed by atoms with Crippen molar-refractivity contribution in [1.82, 2.24) is 5.43 Å². The van der Waals surface area contributed by atoms with Crippen LogP contribution in [0.1, 0.15) is 19.4 Å². The summed E-state index contributed by atoms with van der Waals surface area (Å²) in [6.45, 7) is 5.80. The zero-order valence-corrected chi connectivity index (χ0v) is 20.4. The number of esters is 1. The van der Waals surface area contributed by atoms with E-state index in [0.717, 1.165) is 44.2 Å². The van der Waals surface area contributed by atoms with E-state index in [-0.39, 0.29) is 0 Å². The smallest absolute Gasteiger partial charge is 0.332 e. The second-order valence-electron chi connectivity index (χ2n) is 8.44. The summed E-state index contributed by atoms with van der Waals surface area (Å²) in [5.41, 5.74) is 10.3. The number of nitrogens with zero attached hydrogens (tertiary/aromatic N) is 1. The quantitative estimate of drug-likeness (QED) is 0.167. The van der Waals surface area contributed by atoms with Gasteiger partial charge in [0.15, 0.2) is 0 Å². The van der Waals surface area contributed by atoms with Gasteiger partial charge in [0, 0.05) is 39.7 Å². The van der Waals surface area contributed by atoms with Gasteiger partial charge in [0.2, 0.25) is 5.55 Å². The van der Waals surface area contributed by atoms with Crippen LogP contribution in [0.2, 0.25) is 0 Å². The Bertz CT molecular complexity index is 1650. The Morgan fingerprint density at radius 2 is 1.58 bits per heavy atom. The van der Waals surface area contributed by atoms with Crippen molar-refractivity contribution in [3.05, 3.63) is 102 Å². The normalized spacial score (nSPS) is 12.3. The molecule has 0 atom stereocenters. The molecule has 2 heterocycles. The number of carbonyl (C=O) groups excluding carboxylic acids is 1. The largest absolute Gasteiger partial charge is 0.463 e. The van der Waals surface area contributed by atoms with E-state index in [2.05, 4.69) is 40.9 Å². The molecule has 0 saturated carbocycles. The van der Waals surface area contributed by atoms with E-state index in [1.54, 1.807) is 20.1 Å². The van der Waals surface area contributed by atoms with E-state index in [1.165, 1.54) is 6.08 Å². The summed E-state index contributed by atoms with van der Waals surface area (Å²) in [7, 11) is 0. The summed E-state index contributed by atoms with van der Waals surface area (Å²) in [6.07, 6.45) is 3.15. The highest BCUT2D eigenvalue weighted by Crippen LogP contribution is 2.38. The van der Waals surface area contributed by atoms with E-state index in [4.69, 9.17) is 13.6 Å². The molecule has 0 aliphatic carbocycles. The standard InChI is InChI=1S/C30H26N2O4/c1-4-34-28(33)15-19(2)31-32-27-17-23(21-11-7-5-8-12-21)24-16-25-26(22-13-9-6-10-14-22)18-35-29(25)20(3)30(24)36-27/h5-18,31H,4H2,1-3H3. The molecule has 0 aliphatic heterocycles. The number of benzene rings is 3. The number of nitrogens with one attached hydrogen (secondary N) is 1. The maximum Gasteiger partial charge on any atom is 0.332 e. The number of furan rings is 1. The first-order valence-electron chi connectivity index (χ1n) is 11.8. The van der Waals surface area contributed by atoms with Crippen LogP contribution in [0, 0.1) is 6.92 Å². The highest BCUT2D eigenvalue weighted by molar-refractivity contribution is 6.08. The molecule has 2 aromatic heterocycles. The molecular formula is C30H26N2O4. The van der Waals surface area contributed by atoms with Crippen LogP contribution < -0.4 is 11.0 Å². The number of hydrogen-bond acceptors (Lipinski definition) is 6. The number of allylic oxidation sites excluding steroid dienone is 1. The minimum Gasteiger partial charge on any atom is -0.463 e. The van der Waals surface area contributed by atoms with Crippen molar-refractivity contribution in [3.63, 3.8) is 0 Å². The van der Waals surface area contributed by atoms with Gasteiger partial charge in [-0.15, -0.1) is 5.10 Å². The summed E-state index contributed by atoms with van der Waals surface area (Å²) in [5.74, 6) is -0.427. The predicted molar refractivity (Wildman–Crippen MR) is 141 cm³/mol. The van der Waals surface area contributed by atoms with Crippen molar-refractivity contribution in [2.24, 2.45) is 5.10 Å². The first kappa shape index (κ1) is 23.2. The maximum atomic E-state index is 11.7. The van der Waals surface area contributed by atoms with Crippen molar-refractivity contribution in [2.45, 2.75) is 20.8 Å². The number of aryl methyl sites for hydroxylation is 1. The van der Waals surface area contributed by atoms with Crippen LogP contribution in [0.5, 0.6) is 0 Å². The molecule has 0 amide bonds. The lowest BCUT2D eigenvalue weighted by Crippen LogP contribution is -2.13. The Morgan fingerprint density at radius 3 is 2.25 bits per heavy atom. The van der Waals surface area contributed by atoms with Crippen LogP contribution in [-0.2, 0) is 9.53 Å². The van der Waals surface area contributed by atoms with Crippen LogP contribution >= 0.6 is 0 Å². The van der Waals surface area contributed by atoms with Crippen molar-refractivity contribution in [1.29, 1.82) is 0 Å². The average molecular weight is 479 g/mol. The molecule has 180 valence electrons. The van der Waals surface area contributed by atoms with E-state index in [9.17, 15) is 4.79 Å². The fourth-order valence-electron chi connectivity index (χ4n) is 4.27. The summed E-state index contributed by atoms with van der Waals surface area (Å²) in [6, 6.07) is 24.3. The van der Waals surface area contributed by atoms with Crippen LogP contribution in [0.3, 0.4) is 0 Å². The second-order valence-corrected chi connectivity index (χ2v) is 8.44. The van der Waals surface area contributed by atoms with Crippen LogP contribution in [0.25, 0.3) is 44.2 Å². The monoisotopic (exact) mass is 478 g/mol. The van der Waals surface area contributed by atoms with Crippen LogP contribution in [0.4, 0.5) is 0 Å². The van der Waals surface area contributed by atoms with Gasteiger partial charge in [-0.3, -0.25) is 5.43 Å². The summed E-state index contributed by atoms with van der Waals surface area (Å²) >= 11 is 0. The van der Waals surface area contributed by atoms with E-state index < -0.39 is 5.97 Å². The lowest BCUT2D eigenvalue weighted by molar-refractivity contribution is -0.137. The summed E-state index contributed by atoms with van der Waals surface area (Å²) < 4.78 is 17.2. The minimum atomic E-state index is -0.427. The maximum absolute atomic E-state index is 11.7. The second kappa shape index (κ2) is 9.96. The number of ether oxygens (including phenoxy) is 1. The Hall–Kier alpha value is -4.58. The van der Waals surface area contributed by atoms with Gasteiger partial charge in [-0.25, -0.2) is 4.79 Å². The Balaban J connectivity index is 1.71. The fourth-order valence-corrected chi connectivity index (χ4v) is 4.27. The third-order valence-corrected chi connectivity index (χ3v) is 5.94. The third kappa shape index (κ3) is 4.53. The van der Waals surface area contributed by atoms with E-state index in [0.29, 0.717) is 23.4 Å². The zero-order valence-electron chi connectivity index (χ0n) is 20.4. The van der Waals surface area contributed by atoms with Crippen LogP contribution in [0.15, 0.2) is 105 Å². The molecule has 5 rings (SSSR count). The number of carbonyl (C=O) groups is 1. The van der Waals surface area contributed by atoms with Gasteiger partial charge in [-0.2, -0.15) is 0 Å². The topological polar surface area (TPSA) is 77.0 Å². The van der Waals surface area contributed by atoms with Crippen molar-refractivity contribution in [2.75, 3.05) is 6.61 Å². The van der Waals surface area contributed by atoms with Gasteiger partial charge >= 0.3 is 5.97 Å². The third-order valence-electron chi connectivity index (χ3n) is 5.94. The molecule has 3 aromatic carbocycles. The van der Waals surface area contributed by atoms with Gasteiger partial charge in [0.05, 0.1) is 12.9 Å². The van der Waals surface area contributed by atoms with Gasteiger partial charge in [-0.05, 0) is 43.5 Å². The molecule has 5 aromatic rings. The molecule has 0 radical (unpaired) electrons. The van der Waals surface area contributed by atoms with Gasteiger partial charge in [-0.1, -0.05) is 60.7 Å². The highest BCUT2D eigenvalue weighted by Gasteiger charge is 2.17. The number of rotatable bonds is 6. The van der Waals surface area contributed by atoms with E-state index >= 15 is 0 Å². The molecule has 0 fully saturated rings. The molecule has 6 nitrogen and oxygen atoms in total. The van der Waals surface area contributed by atoms with Gasteiger partial charge in [0.25, 0.3) is 0 Å². The predicted octanol–water partition coefficient (Wildman–Crippen LogP) is 6.69. The first-order chi connectivity index (χ1) is 17.5. The molecule has 36 heavy (non-hydrogen) atoms. The van der Waals surface area contributed by atoms with Crippen molar-refractivity contribution >= 4 is 27.9 Å². The Morgan fingerprint density at radius 1 is 0.944 bits per heavy atom. The number of fused-ring (bicyclic) bond motifs is 2. The SMILES string of the molecule is CCOC(=O)C=C(C)NN=c1cc(-c2ccccc2)c2cc3c(-c4ccccc4)coc3c(C)c2o1. The Kier molecular flexibility index (Phi) is 6.41. The molecule has 6 heteroatoms. The molecular weight excluding hydrogens is 452 g/mol. The lowest BCUT2D eigenvalue weighted by Gasteiger charge is -2.10. The molecule has 0 bridgehead atoms. The highest BCUT2D eigenvalue weighted by atomic mass is 16.5. The first-order valence-corrected chi connectivity index (χ1v) is 11.8. The average Bonchev–Trinajstić information content (AvgIpc) is 3.33. The zero-order chi connectivity index (χ0) is 25.1. The summed E-state index contributed by atoms with van der Waals surface area (Å²) in [4.78, 5) is 11.7. The van der Waals surface area contributed by atoms with Crippen LogP contribution in [-0.4, -0.2) is 12.6 Å². The summed E-state index contributed by atoms with van der Waals surface area (Å²) in [5, 5.41) is 6.39. The van der Waals surface area contributed by atoms with Crippen molar-refractivity contribution in [3.8, 4) is 22.3 Å². The Labute approximate surface area is 208 Å². The lowest BCUT2D eigenvalue weighted by atomic mass is 9.96. The van der Waals surface area contributed by atoms with E-state index in [1.807, 2.05) is 49.4 Å².